The fourth-order valence-electron chi connectivity index (χ4n) is 2.88. The van der Waals surface area contributed by atoms with E-state index in [1.165, 1.54) is 6.42 Å². The van der Waals surface area contributed by atoms with Crippen LogP contribution in [-0.4, -0.2) is 27.7 Å². The summed E-state index contributed by atoms with van der Waals surface area (Å²) in [5.74, 6) is 3.80. The van der Waals surface area contributed by atoms with E-state index in [4.69, 9.17) is 21.4 Å². The molecule has 0 unspecified atom stereocenters. The van der Waals surface area contributed by atoms with E-state index in [1.54, 1.807) is 10.9 Å². The van der Waals surface area contributed by atoms with Gasteiger partial charge in [-0.05, 0) is 49.5 Å². The van der Waals surface area contributed by atoms with Crippen LogP contribution in [0.2, 0.25) is 0 Å². The lowest BCUT2D eigenvalue weighted by Crippen LogP contribution is -2.05. The van der Waals surface area contributed by atoms with Crippen molar-refractivity contribution in [2.75, 3.05) is 6.61 Å². The standard InChI is InChI=1S/C15H18N4O2S/c1-9-7-11(9)12-5-4-10(21-12)8-16-19-14(17-18-15(19)22)13-3-2-6-20-13/h4-5,8-9,11,13H,2-3,6-7H2,1H3,(H,18,22)/b16-8-/t9-,11+,13+/m1/s1. The topological polar surface area (TPSA) is 68.3 Å². The van der Waals surface area contributed by atoms with E-state index in [2.05, 4.69) is 22.2 Å². The molecule has 0 radical (unpaired) electrons. The number of H-pyrrole nitrogens is 1. The molecule has 4 rings (SSSR count). The van der Waals surface area contributed by atoms with Crippen molar-refractivity contribution in [1.29, 1.82) is 0 Å². The second-order valence-electron chi connectivity index (χ2n) is 6.00. The number of aromatic nitrogens is 3. The van der Waals surface area contributed by atoms with Gasteiger partial charge in [0.05, 0.1) is 6.21 Å². The molecule has 22 heavy (non-hydrogen) atoms. The summed E-state index contributed by atoms with van der Waals surface area (Å²) in [6.45, 7) is 2.99. The lowest BCUT2D eigenvalue weighted by molar-refractivity contribution is 0.102. The smallest absolute Gasteiger partial charge is 0.216 e. The molecule has 0 bridgehead atoms. The van der Waals surface area contributed by atoms with Crippen molar-refractivity contribution >= 4 is 18.4 Å². The molecule has 0 amide bonds. The summed E-state index contributed by atoms with van der Waals surface area (Å²) in [4.78, 5) is 0. The van der Waals surface area contributed by atoms with Crippen molar-refractivity contribution in [1.82, 2.24) is 14.9 Å². The summed E-state index contributed by atoms with van der Waals surface area (Å²) in [5.41, 5.74) is 0. The monoisotopic (exact) mass is 318 g/mol. The molecule has 2 aromatic heterocycles. The molecule has 0 spiro atoms. The van der Waals surface area contributed by atoms with Gasteiger partial charge in [0, 0.05) is 12.5 Å². The third-order valence-electron chi connectivity index (χ3n) is 4.32. The number of nitrogens with one attached hydrogen (secondary N) is 1. The van der Waals surface area contributed by atoms with Gasteiger partial charge < -0.3 is 9.15 Å². The van der Waals surface area contributed by atoms with E-state index in [9.17, 15) is 0 Å². The molecule has 1 N–H and O–H groups in total. The van der Waals surface area contributed by atoms with Gasteiger partial charge in [-0.3, -0.25) is 5.10 Å². The Balaban J connectivity index is 1.56. The van der Waals surface area contributed by atoms with Crippen LogP contribution in [0.15, 0.2) is 21.7 Å². The predicted octanol–water partition coefficient (Wildman–Crippen LogP) is 3.39. The van der Waals surface area contributed by atoms with Crippen molar-refractivity contribution in [2.24, 2.45) is 11.0 Å². The van der Waals surface area contributed by atoms with Gasteiger partial charge in [0.25, 0.3) is 0 Å². The molecule has 2 aromatic rings. The quantitative estimate of drug-likeness (QED) is 0.693. The Morgan fingerprint density at radius 1 is 1.50 bits per heavy atom. The second-order valence-corrected chi connectivity index (χ2v) is 6.39. The zero-order chi connectivity index (χ0) is 15.1. The number of ether oxygens (including phenoxy) is 1. The molecule has 1 aliphatic heterocycles. The minimum Gasteiger partial charge on any atom is -0.460 e. The van der Waals surface area contributed by atoms with Gasteiger partial charge in [-0.1, -0.05) is 6.92 Å². The number of furan rings is 1. The van der Waals surface area contributed by atoms with Gasteiger partial charge >= 0.3 is 0 Å². The van der Waals surface area contributed by atoms with Crippen LogP contribution in [0.4, 0.5) is 0 Å². The van der Waals surface area contributed by atoms with Crippen LogP contribution >= 0.6 is 12.2 Å². The minimum atomic E-state index is -0.0374. The van der Waals surface area contributed by atoms with E-state index < -0.39 is 0 Å². The first-order chi connectivity index (χ1) is 10.7. The third kappa shape index (κ3) is 2.55. The van der Waals surface area contributed by atoms with Gasteiger partial charge in [0.15, 0.2) is 5.82 Å². The van der Waals surface area contributed by atoms with Crippen LogP contribution in [0.3, 0.4) is 0 Å². The first-order valence-corrected chi connectivity index (χ1v) is 8.06. The molecule has 116 valence electrons. The number of rotatable bonds is 4. The van der Waals surface area contributed by atoms with Crippen LogP contribution in [-0.2, 0) is 4.74 Å². The maximum absolute atomic E-state index is 5.82. The summed E-state index contributed by atoms with van der Waals surface area (Å²) < 4.78 is 13.6. The van der Waals surface area contributed by atoms with Crippen LogP contribution in [0.5, 0.6) is 0 Å². The molecular formula is C15H18N4O2S. The summed E-state index contributed by atoms with van der Waals surface area (Å²) in [6.07, 6.45) is 4.83. The lowest BCUT2D eigenvalue weighted by Gasteiger charge is -2.06. The van der Waals surface area contributed by atoms with Gasteiger partial charge in [0.2, 0.25) is 4.77 Å². The van der Waals surface area contributed by atoms with E-state index >= 15 is 0 Å². The number of aromatic amines is 1. The predicted molar refractivity (Wildman–Crippen MR) is 83.6 cm³/mol. The first-order valence-electron chi connectivity index (χ1n) is 7.65. The number of hydrogen-bond acceptors (Lipinski definition) is 5. The molecule has 3 heterocycles. The Morgan fingerprint density at radius 3 is 3.09 bits per heavy atom. The molecular weight excluding hydrogens is 300 g/mol. The normalized spacial score (nSPS) is 27.8. The molecule has 0 aromatic carbocycles. The first kappa shape index (κ1) is 13.9. The van der Waals surface area contributed by atoms with E-state index in [0.717, 1.165) is 42.7 Å². The maximum atomic E-state index is 5.82. The average molecular weight is 318 g/mol. The van der Waals surface area contributed by atoms with Gasteiger partial charge in [-0.2, -0.15) is 14.9 Å². The molecule has 3 atom stereocenters. The van der Waals surface area contributed by atoms with Crippen molar-refractivity contribution in [3.8, 4) is 0 Å². The van der Waals surface area contributed by atoms with Crippen molar-refractivity contribution < 1.29 is 9.15 Å². The van der Waals surface area contributed by atoms with Gasteiger partial charge in [-0.15, -0.1) is 0 Å². The molecule has 1 saturated heterocycles. The second kappa shape index (κ2) is 5.48. The van der Waals surface area contributed by atoms with Crippen LogP contribution in [0, 0.1) is 10.7 Å². The van der Waals surface area contributed by atoms with Crippen LogP contribution < -0.4 is 0 Å². The van der Waals surface area contributed by atoms with E-state index in [0.29, 0.717) is 10.7 Å². The largest absolute Gasteiger partial charge is 0.460 e. The zero-order valence-electron chi connectivity index (χ0n) is 12.4. The lowest BCUT2D eigenvalue weighted by atomic mass is 10.2. The Hall–Kier alpha value is -1.73. The van der Waals surface area contributed by atoms with Crippen LogP contribution in [0.1, 0.15) is 55.6 Å². The van der Waals surface area contributed by atoms with Crippen molar-refractivity contribution in [3.05, 3.63) is 34.2 Å². The Labute approximate surface area is 133 Å². The molecule has 2 fully saturated rings. The van der Waals surface area contributed by atoms with E-state index in [-0.39, 0.29) is 6.10 Å². The molecule has 1 aliphatic carbocycles. The minimum absolute atomic E-state index is 0.0374. The third-order valence-corrected chi connectivity index (χ3v) is 4.58. The molecule has 1 saturated carbocycles. The Bertz CT molecular complexity index is 754. The maximum Gasteiger partial charge on any atom is 0.216 e. The van der Waals surface area contributed by atoms with Crippen LogP contribution in [0.25, 0.3) is 0 Å². The fourth-order valence-corrected chi connectivity index (χ4v) is 3.06. The molecule has 7 heteroatoms. The summed E-state index contributed by atoms with van der Waals surface area (Å²) in [5, 5.41) is 11.4. The number of nitrogens with zero attached hydrogens (tertiary/aromatic N) is 3. The highest BCUT2D eigenvalue weighted by Gasteiger charge is 2.36. The average Bonchev–Trinajstić information content (AvgIpc) is 2.99. The highest BCUT2D eigenvalue weighted by atomic mass is 32.1. The Morgan fingerprint density at radius 2 is 2.36 bits per heavy atom. The van der Waals surface area contributed by atoms with Crippen molar-refractivity contribution in [2.45, 2.75) is 38.2 Å². The fraction of sp³-hybridized carbons (Fsp3) is 0.533. The Kier molecular flexibility index (Phi) is 3.46. The SMILES string of the molecule is C[C@@H]1C[C@@H]1c1ccc(/C=N\n2c([C@@H]3CCCO3)n[nH]c2=S)o1. The highest BCUT2D eigenvalue weighted by Crippen LogP contribution is 2.47. The number of hydrogen-bond donors (Lipinski definition) is 1. The summed E-state index contributed by atoms with van der Waals surface area (Å²) in [7, 11) is 0. The van der Waals surface area contributed by atoms with E-state index in [1.807, 2.05) is 12.1 Å². The van der Waals surface area contributed by atoms with Crippen molar-refractivity contribution in [3.63, 3.8) is 0 Å². The summed E-state index contributed by atoms with van der Waals surface area (Å²) in [6, 6.07) is 3.98. The van der Waals surface area contributed by atoms with Gasteiger partial charge in [-0.25, -0.2) is 0 Å². The molecule has 2 aliphatic rings. The highest BCUT2D eigenvalue weighted by molar-refractivity contribution is 7.71. The zero-order valence-corrected chi connectivity index (χ0v) is 13.2. The molecule has 6 nitrogen and oxygen atoms in total. The summed E-state index contributed by atoms with van der Waals surface area (Å²) >= 11 is 5.24. The van der Waals surface area contributed by atoms with Gasteiger partial charge in [0.1, 0.15) is 17.6 Å².